The maximum Gasteiger partial charge on any atom is 0.250 e. The van der Waals surface area contributed by atoms with Crippen LogP contribution in [0.2, 0.25) is 0 Å². The highest BCUT2D eigenvalue weighted by Gasteiger charge is 2.58. The molecule has 5 nitrogen and oxygen atoms in total. The number of rotatable bonds is 5. The Bertz CT molecular complexity index is 1190. The van der Waals surface area contributed by atoms with Crippen molar-refractivity contribution in [2.75, 3.05) is 20.8 Å². The number of aryl methyl sites for hydroxylation is 1. The highest BCUT2D eigenvalue weighted by atomic mass is 19.3. The predicted octanol–water partition coefficient (Wildman–Crippen LogP) is 5.78. The molecule has 0 bridgehead atoms. The van der Waals surface area contributed by atoms with E-state index in [1.807, 2.05) is 25.3 Å². The lowest BCUT2D eigenvalue weighted by Gasteiger charge is -2.54. The number of methoxy groups -OCH3 is 2. The Balaban J connectivity index is 1.52. The minimum atomic E-state index is -2.60. The molecule has 5 rings (SSSR count). The minimum Gasteiger partial charge on any atom is -0.496 e. The topological polar surface area (TPSA) is 50.4 Å². The number of aromatic nitrogens is 2. The average molecular weight is 460 g/mol. The van der Waals surface area contributed by atoms with E-state index in [2.05, 4.69) is 14.9 Å². The molecule has 8 heteroatoms. The van der Waals surface area contributed by atoms with Gasteiger partial charge in [0.25, 0.3) is 0 Å². The number of likely N-dealkylation sites (tertiary alicyclic amines) is 1. The molecule has 1 aromatic carbocycles. The Hall–Kier alpha value is -2.74. The van der Waals surface area contributed by atoms with E-state index >= 15 is 0 Å². The molecule has 1 spiro atoms. The molecular formula is C25H28F3N3O2. The number of benzene rings is 1. The van der Waals surface area contributed by atoms with Gasteiger partial charge in [-0.1, -0.05) is 0 Å². The maximum atomic E-state index is 14.6. The number of hydrogen-bond donors (Lipinski definition) is 1. The van der Waals surface area contributed by atoms with Crippen LogP contribution in [0, 0.1) is 18.2 Å². The van der Waals surface area contributed by atoms with Crippen molar-refractivity contribution in [3.05, 3.63) is 53.1 Å². The number of pyridine rings is 1. The number of alkyl halides is 2. The SMILES string of the molecule is COc1cc(C)c2[nH]ccc2c1CN1CCC2(C[C@H]1c1cnc(OC)c(F)c1)CC(F)(F)C2. The van der Waals surface area contributed by atoms with Gasteiger partial charge in [-0.05, 0) is 61.1 Å². The molecule has 2 aliphatic rings. The number of halogens is 3. The summed E-state index contributed by atoms with van der Waals surface area (Å²) < 4.78 is 52.9. The maximum absolute atomic E-state index is 14.6. The summed E-state index contributed by atoms with van der Waals surface area (Å²) in [5.41, 5.74) is 3.43. The van der Waals surface area contributed by atoms with Gasteiger partial charge in [0.15, 0.2) is 5.82 Å². The molecule has 1 aliphatic carbocycles. The van der Waals surface area contributed by atoms with Crippen molar-refractivity contribution in [2.24, 2.45) is 5.41 Å². The van der Waals surface area contributed by atoms with Gasteiger partial charge in [-0.3, -0.25) is 4.90 Å². The summed E-state index contributed by atoms with van der Waals surface area (Å²) in [5, 5.41) is 1.07. The van der Waals surface area contributed by atoms with Gasteiger partial charge in [-0.25, -0.2) is 18.2 Å². The minimum absolute atomic E-state index is 0.0692. The van der Waals surface area contributed by atoms with Crippen LogP contribution >= 0.6 is 0 Å². The second-order valence-electron chi connectivity index (χ2n) is 9.55. The largest absolute Gasteiger partial charge is 0.496 e. The first kappa shape index (κ1) is 22.1. The lowest BCUT2D eigenvalue weighted by Crippen LogP contribution is -2.53. The standard InChI is InChI=1S/C25H28F3N3O2/c1-15-8-21(32-2)18(17-4-6-29-22(15)17)12-31-7-5-24(13-25(27,28)14-24)10-20(31)16-9-19(26)23(33-3)30-11-16/h4,6,8-9,11,20,29H,5,7,10,12-14H2,1-3H3/t20-/m0/s1. The predicted molar refractivity (Wildman–Crippen MR) is 119 cm³/mol. The van der Waals surface area contributed by atoms with Crippen molar-refractivity contribution in [1.29, 1.82) is 0 Å². The lowest BCUT2D eigenvalue weighted by atomic mass is 9.59. The van der Waals surface area contributed by atoms with Crippen molar-refractivity contribution in [2.45, 2.75) is 51.1 Å². The number of nitrogens with one attached hydrogen (secondary N) is 1. The highest BCUT2D eigenvalue weighted by molar-refractivity contribution is 5.88. The number of nitrogens with zero attached hydrogens (tertiary/aromatic N) is 2. The van der Waals surface area contributed by atoms with Crippen molar-refractivity contribution in [1.82, 2.24) is 14.9 Å². The molecule has 33 heavy (non-hydrogen) atoms. The first-order chi connectivity index (χ1) is 15.7. The quantitative estimate of drug-likeness (QED) is 0.526. The van der Waals surface area contributed by atoms with Crippen LogP contribution in [-0.2, 0) is 6.54 Å². The van der Waals surface area contributed by atoms with E-state index in [9.17, 15) is 13.2 Å². The average Bonchev–Trinajstić information content (AvgIpc) is 3.26. The molecule has 0 amide bonds. The van der Waals surface area contributed by atoms with Crippen LogP contribution < -0.4 is 9.47 Å². The van der Waals surface area contributed by atoms with Crippen molar-refractivity contribution < 1.29 is 22.6 Å². The molecule has 3 heterocycles. The lowest BCUT2D eigenvalue weighted by molar-refractivity contribution is -0.186. The third-order valence-corrected chi connectivity index (χ3v) is 7.36. The van der Waals surface area contributed by atoms with E-state index in [0.29, 0.717) is 31.5 Å². The molecule has 0 radical (unpaired) electrons. The van der Waals surface area contributed by atoms with Crippen molar-refractivity contribution in [3.8, 4) is 11.6 Å². The van der Waals surface area contributed by atoms with Gasteiger partial charge >= 0.3 is 0 Å². The first-order valence-corrected chi connectivity index (χ1v) is 11.2. The van der Waals surface area contributed by atoms with Gasteiger partial charge in [-0.15, -0.1) is 0 Å². The molecule has 1 saturated heterocycles. The first-order valence-electron chi connectivity index (χ1n) is 11.2. The van der Waals surface area contributed by atoms with E-state index in [0.717, 1.165) is 27.8 Å². The number of aromatic amines is 1. The van der Waals surface area contributed by atoms with Crippen LogP contribution in [0.3, 0.4) is 0 Å². The fourth-order valence-electron chi connectivity index (χ4n) is 5.82. The van der Waals surface area contributed by atoms with E-state index in [-0.39, 0.29) is 24.8 Å². The molecule has 2 aromatic heterocycles. The van der Waals surface area contributed by atoms with E-state index < -0.39 is 17.2 Å². The molecule has 1 N–H and O–H groups in total. The fourth-order valence-corrected chi connectivity index (χ4v) is 5.82. The summed E-state index contributed by atoms with van der Waals surface area (Å²) in [7, 11) is 3.02. The molecule has 2 fully saturated rings. The summed E-state index contributed by atoms with van der Waals surface area (Å²) in [6.45, 7) is 3.22. The number of H-pyrrole nitrogens is 1. The molecule has 176 valence electrons. The zero-order valence-electron chi connectivity index (χ0n) is 19.1. The van der Waals surface area contributed by atoms with Gasteiger partial charge in [-0.2, -0.15) is 0 Å². The van der Waals surface area contributed by atoms with Crippen molar-refractivity contribution in [3.63, 3.8) is 0 Å². The Morgan fingerprint density at radius 2 is 2.00 bits per heavy atom. The van der Waals surface area contributed by atoms with Crippen LogP contribution in [0.4, 0.5) is 13.2 Å². The molecule has 1 saturated carbocycles. The second kappa shape index (κ2) is 7.94. The summed E-state index contributed by atoms with van der Waals surface area (Å²) in [4.78, 5) is 9.65. The van der Waals surface area contributed by atoms with Gasteiger partial charge in [0.1, 0.15) is 5.75 Å². The van der Waals surface area contributed by atoms with Gasteiger partial charge in [0.05, 0.1) is 14.2 Å². The molecule has 1 atom stereocenters. The Morgan fingerprint density at radius 1 is 1.21 bits per heavy atom. The number of ether oxygens (including phenoxy) is 2. The summed E-state index contributed by atoms with van der Waals surface area (Å²) in [6.07, 6.45) is 4.53. The van der Waals surface area contributed by atoms with E-state index in [1.165, 1.54) is 13.2 Å². The zero-order valence-corrected chi connectivity index (χ0v) is 19.1. The summed E-state index contributed by atoms with van der Waals surface area (Å²) in [5.74, 6) is -2.43. The molecular weight excluding hydrogens is 431 g/mol. The number of fused-ring (bicyclic) bond motifs is 1. The Labute approximate surface area is 190 Å². The Kier molecular flexibility index (Phi) is 5.31. The third kappa shape index (κ3) is 3.84. The van der Waals surface area contributed by atoms with Crippen LogP contribution in [0.25, 0.3) is 10.9 Å². The summed E-state index contributed by atoms with van der Waals surface area (Å²) >= 11 is 0. The van der Waals surface area contributed by atoms with Crippen LogP contribution in [0.1, 0.15) is 48.4 Å². The monoisotopic (exact) mass is 459 g/mol. The van der Waals surface area contributed by atoms with Crippen LogP contribution in [-0.4, -0.2) is 41.6 Å². The summed E-state index contributed by atoms with van der Waals surface area (Å²) in [6, 6.07) is 5.23. The zero-order chi connectivity index (χ0) is 23.4. The molecule has 1 aliphatic heterocycles. The highest BCUT2D eigenvalue weighted by Crippen LogP contribution is 2.60. The van der Waals surface area contributed by atoms with Gasteiger partial charge in [0, 0.05) is 54.3 Å². The smallest absolute Gasteiger partial charge is 0.250 e. The second-order valence-corrected chi connectivity index (χ2v) is 9.55. The normalized spacial score (nSPS) is 21.8. The number of piperidine rings is 1. The van der Waals surface area contributed by atoms with Crippen molar-refractivity contribution >= 4 is 10.9 Å². The fraction of sp³-hybridized carbons (Fsp3) is 0.480. The molecule has 0 unspecified atom stereocenters. The van der Waals surface area contributed by atoms with E-state index in [1.54, 1.807) is 13.3 Å². The third-order valence-electron chi connectivity index (χ3n) is 7.36. The number of hydrogen-bond acceptors (Lipinski definition) is 4. The van der Waals surface area contributed by atoms with Crippen LogP contribution in [0.15, 0.2) is 30.6 Å². The Morgan fingerprint density at radius 3 is 2.67 bits per heavy atom. The van der Waals surface area contributed by atoms with Crippen LogP contribution in [0.5, 0.6) is 11.6 Å². The van der Waals surface area contributed by atoms with Gasteiger partial charge in [0.2, 0.25) is 11.8 Å². The van der Waals surface area contributed by atoms with E-state index in [4.69, 9.17) is 9.47 Å². The van der Waals surface area contributed by atoms with Gasteiger partial charge < -0.3 is 14.5 Å². The molecule has 3 aromatic rings.